The van der Waals surface area contributed by atoms with Crippen LogP contribution >= 0.6 is 0 Å². The normalized spacial score (nSPS) is 19.7. The SMILES string of the molecule is c1cc(CCc2cnc(C3CCCN3)[nH]2)ccc1CCc1cnc(C2CCCC2)[nH]1. The molecule has 1 aliphatic carbocycles. The van der Waals surface area contributed by atoms with Crippen molar-refractivity contribution in [3.05, 3.63) is 70.8 Å². The molecule has 1 saturated carbocycles. The molecule has 2 aromatic heterocycles. The molecule has 3 aromatic rings. The highest BCUT2D eigenvalue weighted by molar-refractivity contribution is 5.24. The van der Waals surface area contributed by atoms with Crippen LogP contribution in [0, 0.1) is 0 Å². The van der Waals surface area contributed by atoms with Crippen molar-refractivity contribution >= 4 is 0 Å². The Bertz CT molecular complexity index is 849. The number of imidazole rings is 2. The van der Waals surface area contributed by atoms with Crippen LogP contribution in [0.5, 0.6) is 0 Å². The molecule has 5 nitrogen and oxygen atoms in total. The van der Waals surface area contributed by atoms with Crippen molar-refractivity contribution in [3.63, 3.8) is 0 Å². The fraction of sp³-hybridized carbons (Fsp3) is 0.520. The lowest BCUT2D eigenvalue weighted by Gasteiger charge is -2.06. The van der Waals surface area contributed by atoms with Gasteiger partial charge in [0.2, 0.25) is 0 Å². The molecule has 0 amide bonds. The van der Waals surface area contributed by atoms with E-state index in [4.69, 9.17) is 0 Å². The number of rotatable bonds is 8. The second kappa shape index (κ2) is 9.17. The Kier molecular flexibility index (Phi) is 5.98. The smallest absolute Gasteiger partial charge is 0.123 e. The summed E-state index contributed by atoms with van der Waals surface area (Å²) >= 11 is 0. The molecule has 3 heterocycles. The molecule has 158 valence electrons. The van der Waals surface area contributed by atoms with Crippen molar-refractivity contribution in [2.45, 2.75) is 76.2 Å². The minimum absolute atomic E-state index is 0.419. The predicted octanol–water partition coefficient (Wildman–Crippen LogP) is 4.79. The molecule has 0 radical (unpaired) electrons. The second-order valence-electron chi connectivity index (χ2n) is 9.03. The predicted molar refractivity (Wildman–Crippen MR) is 120 cm³/mol. The lowest BCUT2D eigenvalue weighted by molar-refractivity contribution is 0.611. The third-order valence-corrected chi connectivity index (χ3v) is 6.82. The van der Waals surface area contributed by atoms with Crippen LogP contribution in [0.2, 0.25) is 0 Å². The lowest BCUT2D eigenvalue weighted by atomic mass is 10.0. The maximum absolute atomic E-state index is 4.64. The maximum Gasteiger partial charge on any atom is 0.123 e. The molecule has 5 heteroatoms. The summed E-state index contributed by atoms with van der Waals surface area (Å²) in [6.07, 6.45) is 15.9. The van der Waals surface area contributed by atoms with Crippen LogP contribution in [-0.4, -0.2) is 26.5 Å². The molecule has 3 N–H and O–H groups in total. The number of hydrogen-bond acceptors (Lipinski definition) is 3. The average Bonchev–Trinajstić information content (AvgIpc) is 3.57. The molecule has 1 aromatic carbocycles. The van der Waals surface area contributed by atoms with Crippen LogP contribution < -0.4 is 5.32 Å². The van der Waals surface area contributed by atoms with Crippen molar-refractivity contribution in [2.75, 3.05) is 6.54 Å². The number of hydrogen-bond donors (Lipinski definition) is 3. The van der Waals surface area contributed by atoms with E-state index in [1.165, 1.54) is 66.9 Å². The summed E-state index contributed by atoms with van der Waals surface area (Å²) in [4.78, 5) is 16.3. The molecule has 30 heavy (non-hydrogen) atoms. The number of aromatic amines is 2. The van der Waals surface area contributed by atoms with Crippen LogP contribution in [0.1, 0.15) is 84.6 Å². The van der Waals surface area contributed by atoms with Gasteiger partial charge in [0.05, 0.1) is 6.04 Å². The standard InChI is InChI=1S/C25H33N5/c1-2-5-20(4-1)24-27-16-21(29-24)13-11-18-7-9-19(10-8-18)12-14-22-17-28-25(30-22)23-6-3-15-26-23/h7-10,16-17,20,23,26H,1-6,11-15H2,(H,27,29)(H,28,30). The van der Waals surface area contributed by atoms with E-state index in [9.17, 15) is 0 Å². The average molecular weight is 404 g/mol. The van der Waals surface area contributed by atoms with Crippen LogP contribution in [-0.2, 0) is 25.7 Å². The number of H-pyrrole nitrogens is 2. The van der Waals surface area contributed by atoms with Crippen molar-refractivity contribution in [2.24, 2.45) is 0 Å². The molecule has 1 unspecified atom stereocenters. The highest BCUT2D eigenvalue weighted by atomic mass is 15.0. The van der Waals surface area contributed by atoms with Gasteiger partial charge in [-0.25, -0.2) is 9.97 Å². The van der Waals surface area contributed by atoms with Gasteiger partial charge >= 0.3 is 0 Å². The number of benzene rings is 1. The minimum atomic E-state index is 0.419. The first-order valence-corrected chi connectivity index (χ1v) is 11.7. The summed E-state index contributed by atoms with van der Waals surface area (Å²) in [7, 11) is 0. The van der Waals surface area contributed by atoms with Gasteiger partial charge in [0.25, 0.3) is 0 Å². The summed E-state index contributed by atoms with van der Waals surface area (Å²) in [5.41, 5.74) is 5.29. The van der Waals surface area contributed by atoms with Crippen molar-refractivity contribution in [1.29, 1.82) is 0 Å². The third kappa shape index (κ3) is 4.67. The van der Waals surface area contributed by atoms with Gasteiger partial charge in [0.1, 0.15) is 11.6 Å². The van der Waals surface area contributed by atoms with Crippen LogP contribution in [0.25, 0.3) is 0 Å². The van der Waals surface area contributed by atoms with Gasteiger partial charge in [-0.1, -0.05) is 37.1 Å². The van der Waals surface area contributed by atoms with Crippen LogP contribution in [0.15, 0.2) is 36.7 Å². The summed E-state index contributed by atoms with van der Waals surface area (Å²) in [5, 5.41) is 3.51. The van der Waals surface area contributed by atoms with E-state index in [0.717, 1.165) is 38.1 Å². The molecule has 2 aliphatic rings. The van der Waals surface area contributed by atoms with E-state index in [1.54, 1.807) is 0 Å². The number of nitrogens with zero attached hydrogens (tertiary/aromatic N) is 2. The quantitative estimate of drug-likeness (QED) is 0.507. The molecule has 1 atom stereocenters. The zero-order valence-corrected chi connectivity index (χ0v) is 17.8. The van der Waals surface area contributed by atoms with Gasteiger partial charge in [0.15, 0.2) is 0 Å². The van der Waals surface area contributed by atoms with Crippen molar-refractivity contribution in [3.8, 4) is 0 Å². The number of aryl methyl sites for hydroxylation is 4. The molecular weight excluding hydrogens is 370 g/mol. The monoisotopic (exact) mass is 403 g/mol. The Morgan fingerprint density at radius 1 is 0.700 bits per heavy atom. The lowest BCUT2D eigenvalue weighted by Crippen LogP contribution is -2.14. The largest absolute Gasteiger partial charge is 0.346 e. The molecule has 0 bridgehead atoms. The summed E-state index contributed by atoms with van der Waals surface area (Å²) in [5.74, 6) is 2.98. The van der Waals surface area contributed by atoms with Gasteiger partial charge in [-0.15, -0.1) is 0 Å². The van der Waals surface area contributed by atoms with Crippen molar-refractivity contribution < 1.29 is 0 Å². The Morgan fingerprint density at radius 2 is 1.30 bits per heavy atom. The van der Waals surface area contributed by atoms with Gasteiger partial charge in [0, 0.05) is 29.7 Å². The Balaban J connectivity index is 1.10. The topological polar surface area (TPSA) is 69.4 Å². The van der Waals surface area contributed by atoms with E-state index >= 15 is 0 Å². The van der Waals surface area contributed by atoms with E-state index in [1.807, 2.05) is 12.4 Å². The maximum atomic E-state index is 4.64. The number of aromatic nitrogens is 4. The minimum Gasteiger partial charge on any atom is -0.346 e. The summed E-state index contributed by atoms with van der Waals surface area (Å²) < 4.78 is 0. The zero-order chi connectivity index (χ0) is 20.2. The molecule has 1 saturated heterocycles. The molecule has 5 rings (SSSR count). The summed E-state index contributed by atoms with van der Waals surface area (Å²) in [6, 6.07) is 9.54. The van der Waals surface area contributed by atoms with E-state index in [0.29, 0.717) is 12.0 Å². The molecule has 1 aliphatic heterocycles. The summed E-state index contributed by atoms with van der Waals surface area (Å²) in [6.45, 7) is 1.11. The van der Waals surface area contributed by atoms with E-state index in [-0.39, 0.29) is 0 Å². The second-order valence-corrected chi connectivity index (χ2v) is 9.03. The first kappa shape index (κ1) is 19.6. The number of nitrogens with one attached hydrogen (secondary N) is 3. The van der Waals surface area contributed by atoms with Gasteiger partial charge in [-0.3, -0.25) is 0 Å². The Labute approximate surface area is 179 Å². The molecule has 0 spiro atoms. The van der Waals surface area contributed by atoms with Gasteiger partial charge < -0.3 is 15.3 Å². The van der Waals surface area contributed by atoms with Gasteiger partial charge in [-0.2, -0.15) is 0 Å². The van der Waals surface area contributed by atoms with E-state index in [2.05, 4.69) is 49.5 Å². The fourth-order valence-electron chi connectivity index (χ4n) is 4.94. The highest BCUT2D eigenvalue weighted by Gasteiger charge is 2.20. The third-order valence-electron chi connectivity index (χ3n) is 6.82. The fourth-order valence-corrected chi connectivity index (χ4v) is 4.94. The first-order valence-electron chi connectivity index (χ1n) is 11.7. The first-order chi connectivity index (χ1) is 14.8. The Morgan fingerprint density at radius 3 is 1.90 bits per heavy atom. The Hall–Kier alpha value is -2.40. The van der Waals surface area contributed by atoms with Gasteiger partial charge in [-0.05, 0) is 69.0 Å². The van der Waals surface area contributed by atoms with E-state index < -0.39 is 0 Å². The molecular formula is C25H33N5. The zero-order valence-electron chi connectivity index (χ0n) is 17.8. The molecule has 2 fully saturated rings. The van der Waals surface area contributed by atoms with Crippen LogP contribution in [0.3, 0.4) is 0 Å². The van der Waals surface area contributed by atoms with Crippen molar-refractivity contribution in [1.82, 2.24) is 25.3 Å². The van der Waals surface area contributed by atoms with Crippen LogP contribution in [0.4, 0.5) is 0 Å². The highest BCUT2D eigenvalue weighted by Crippen LogP contribution is 2.32.